The highest BCUT2D eigenvalue weighted by molar-refractivity contribution is 8.15. The first-order chi connectivity index (χ1) is 11.6. The van der Waals surface area contributed by atoms with Gasteiger partial charge in [0, 0.05) is 12.1 Å². The molecular weight excluding hydrogens is 322 g/mol. The molecule has 0 bridgehead atoms. The van der Waals surface area contributed by atoms with Gasteiger partial charge in [-0.2, -0.15) is 0 Å². The summed E-state index contributed by atoms with van der Waals surface area (Å²) < 4.78 is 0. The van der Waals surface area contributed by atoms with Crippen molar-refractivity contribution in [3.8, 4) is 0 Å². The highest BCUT2D eigenvalue weighted by Crippen LogP contribution is 2.25. The Hall–Kier alpha value is -2.60. The molecule has 0 saturated carbocycles. The van der Waals surface area contributed by atoms with E-state index < -0.39 is 5.25 Å². The molecule has 1 aliphatic heterocycles. The zero-order chi connectivity index (χ0) is 16.9. The molecule has 5 nitrogen and oxygen atoms in total. The lowest BCUT2D eigenvalue weighted by Crippen LogP contribution is -2.28. The van der Waals surface area contributed by atoms with Gasteiger partial charge in [-0.3, -0.25) is 9.59 Å². The molecule has 2 amide bonds. The molecule has 2 aromatic rings. The Morgan fingerprint density at radius 3 is 2.62 bits per heavy atom. The van der Waals surface area contributed by atoms with Crippen molar-refractivity contribution >= 4 is 40.1 Å². The van der Waals surface area contributed by atoms with E-state index >= 15 is 0 Å². The molecule has 1 heterocycles. The van der Waals surface area contributed by atoms with Crippen LogP contribution in [0.25, 0.3) is 0 Å². The van der Waals surface area contributed by atoms with Gasteiger partial charge in [-0.05, 0) is 30.7 Å². The maximum absolute atomic E-state index is 12.2. The van der Waals surface area contributed by atoms with E-state index in [0.717, 1.165) is 16.9 Å². The maximum Gasteiger partial charge on any atom is 0.240 e. The Balaban J connectivity index is 1.62. The van der Waals surface area contributed by atoms with Crippen LogP contribution in [0.3, 0.4) is 0 Å². The predicted octanol–water partition coefficient (Wildman–Crippen LogP) is 3.24. The number of carbonyl (C=O) groups excluding carboxylic acids is 2. The zero-order valence-corrected chi connectivity index (χ0v) is 14.0. The molecule has 2 aromatic carbocycles. The second-order valence-corrected chi connectivity index (χ2v) is 6.61. The number of nitrogens with one attached hydrogen (secondary N) is 2. The summed E-state index contributed by atoms with van der Waals surface area (Å²) in [6, 6.07) is 16.9. The number of carbonyl (C=O) groups is 2. The molecule has 1 saturated heterocycles. The van der Waals surface area contributed by atoms with E-state index in [4.69, 9.17) is 0 Å². The highest BCUT2D eigenvalue weighted by Gasteiger charge is 2.32. The molecule has 0 aromatic heterocycles. The summed E-state index contributed by atoms with van der Waals surface area (Å²) in [5, 5.41) is 5.64. The third kappa shape index (κ3) is 4.02. The highest BCUT2D eigenvalue weighted by atomic mass is 32.2. The summed E-state index contributed by atoms with van der Waals surface area (Å²) in [4.78, 5) is 28.6. The molecule has 122 valence electrons. The lowest BCUT2D eigenvalue weighted by atomic mass is 10.2. The van der Waals surface area contributed by atoms with Crippen LogP contribution in [0.5, 0.6) is 0 Å². The third-order valence-corrected chi connectivity index (χ3v) is 4.64. The fraction of sp³-hybridized carbons (Fsp3) is 0.167. The van der Waals surface area contributed by atoms with Crippen molar-refractivity contribution < 1.29 is 9.59 Å². The number of hydrogen-bond acceptors (Lipinski definition) is 4. The quantitative estimate of drug-likeness (QED) is 0.898. The third-order valence-electron chi connectivity index (χ3n) is 3.55. The summed E-state index contributed by atoms with van der Waals surface area (Å²) in [6.07, 6.45) is 0.110. The summed E-state index contributed by atoms with van der Waals surface area (Å²) in [5.74, 6) is -0.368. The molecule has 2 N–H and O–H groups in total. The Bertz CT molecular complexity index is 790. The Labute approximate surface area is 144 Å². The molecule has 0 aliphatic carbocycles. The number of thioether (sulfide) groups is 1. The van der Waals surface area contributed by atoms with Crippen LogP contribution in [0, 0.1) is 6.92 Å². The standard InChI is InChI=1S/C18H17N3O2S/c1-12-7-5-6-10-14(12)20-16(22)11-15-17(23)21-18(24-15)19-13-8-3-2-4-9-13/h2-10,15H,11H2,1H3,(H,20,22)(H,19,21,23)/t15-/m1/s1. The number of benzene rings is 2. The molecule has 24 heavy (non-hydrogen) atoms. The Morgan fingerprint density at radius 1 is 1.17 bits per heavy atom. The van der Waals surface area contributed by atoms with Crippen LogP contribution in [0.1, 0.15) is 12.0 Å². The normalized spacial score (nSPS) is 18.5. The molecule has 1 atom stereocenters. The van der Waals surface area contributed by atoms with Gasteiger partial charge in [0.25, 0.3) is 0 Å². The summed E-state index contributed by atoms with van der Waals surface area (Å²) in [5.41, 5.74) is 2.52. The summed E-state index contributed by atoms with van der Waals surface area (Å²) in [7, 11) is 0. The second-order valence-electron chi connectivity index (χ2n) is 5.42. The SMILES string of the molecule is Cc1ccccc1NC(=O)C[C@H]1SC(=Nc2ccccc2)NC1=O. The van der Waals surface area contributed by atoms with Crippen molar-refractivity contribution in [2.24, 2.45) is 4.99 Å². The van der Waals surface area contributed by atoms with Crippen LogP contribution in [-0.2, 0) is 9.59 Å². The molecular formula is C18H17N3O2S. The number of amides is 2. The number of hydrogen-bond donors (Lipinski definition) is 2. The first-order valence-electron chi connectivity index (χ1n) is 7.58. The number of amidine groups is 1. The molecule has 0 spiro atoms. The van der Waals surface area contributed by atoms with E-state index in [1.165, 1.54) is 11.8 Å². The average Bonchev–Trinajstić information content (AvgIpc) is 2.90. The van der Waals surface area contributed by atoms with E-state index in [9.17, 15) is 9.59 Å². The van der Waals surface area contributed by atoms with Crippen molar-refractivity contribution in [3.63, 3.8) is 0 Å². The fourth-order valence-corrected chi connectivity index (χ4v) is 3.28. The topological polar surface area (TPSA) is 70.6 Å². The lowest BCUT2D eigenvalue weighted by Gasteiger charge is -2.09. The molecule has 0 radical (unpaired) electrons. The first kappa shape index (κ1) is 16.3. The van der Waals surface area contributed by atoms with Crippen LogP contribution >= 0.6 is 11.8 Å². The van der Waals surface area contributed by atoms with Gasteiger partial charge in [-0.25, -0.2) is 4.99 Å². The van der Waals surface area contributed by atoms with Crippen molar-refractivity contribution in [2.45, 2.75) is 18.6 Å². The lowest BCUT2D eigenvalue weighted by molar-refractivity contribution is -0.122. The smallest absolute Gasteiger partial charge is 0.240 e. The first-order valence-corrected chi connectivity index (χ1v) is 8.46. The number of aliphatic imine (C=N–C) groups is 1. The van der Waals surface area contributed by atoms with Crippen molar-refractivity contribution in [1.29, 1.82) is 0 Å². The number of rotatable bonds is 4. The number of anilines is 1. The summed E-state index contributed by atoms with van der Waals surface area (Å²) >= 11 is 1.29. The largest absolute Gasteiger partial charge is 0.326 e. The van der Waals surface area contributed by atoms with Crippen LogP contribution in [0.15, 0.2) is 59.6 Å². The van der Waals surface area contributed by atoms with Crippen LogP contribution in [0.2, 0.25) is 0 Å². The van der Waals surface area contributed by atoms with Crippen LogP contribution < -0.4 is 10.6 Å². The predicted molar refractivity (Wildman–Crippen MR) is 97.5 cm³/mol. The number of aryl methyl sites for hydroxylation is 1. The van der Waals surface area contributed by atoms with Gasteiger partial charge in [0.05, 0.1) is 5.69 Å². The monoisotopic (exact) mass is 339 g/mol. The Kier molecular flexibility index (Phi) is 4.96. The van der Waals surface area contributed by atoms with Gasteiger partial charge >= 0.3 is 0 Å². The minimum Gasteiger partial charge on any atom is -0.326 e. The van der Waals surface area contributed by atoms with Crippen molar-refractivity contribution in [1.82, 2.24) is 5.32 Å². The van der Waals surface area contributed by atoms with Gasteiger partial charge in [0.15, 0.2) is 5.17 Å². The maximum atomic E-state index is 12.2. The van der Waals surface area contributed by atoms with Crippen LogP contribution in [-0.4, -0.2) is 22.2 Å². The molecule has 0 unspecified atom stereocenters. The molecule has 3 rings (SSSR count). The number of nitrogens with zero attached hydrogens (tertiary/aromatic N) is 1. The minimum absolute atomic E-state index is 0.110. The van der Waals surface area contributed by atoms with Gasteiger partial charge in [0.2, 0.25) is 11.8 Å². The van der Waals surface area contributed by atoms with Gasteiger partial charge < -0.3 is 10.6 Å². The van der Waals surface area contributed by atoms with Crippen molar-refractivity contribution in [3.05, 3.63) is 60.2 Å². The number of para-hydroxylation sites is 2. The zero-order valence-electron chi connectivity index (χ0n) is 13.2. The average molecular weight is 339 g/mol. The molecule has 6 heteroatoms. The van der Waals surface area contributed by atoms with Crippen molar-refractivity contribution in [2.75, 3.05) is 5.32 Å². The fourth-order valence-electron chi connectivity index (χ4n) is 2.29. The van der Waals surface area contributed by atoms with E-state index in [0.29, 0.717) is 5.17 Å². The van der Waals surface area contributed by atoms with E-state index in [-0.39, 0.29) is 18.2 Å². The summed E-state index contributed by atoms with van der Waals surface area (Å²) in [6.45, 7) is 1.93. The van der Waals surface area contributed by atoms with E-state index in [1.54, 1.807) is 0 Å². The Morgan fingerprint density at radius 2 is 1.88 bits per heavy atom. The van der Waals surface area contributed by atoms with E-state index in [2.05, 4.69) is 15.6 Å². The van der Waals surface area contributed by atoms with Gasteiger partial charge in [-0.1, -0.05) is 48.2 Å². The van der Waals surface area contributed by atoms with Gasteiger partial charge in [-0.15, -0.1) is 0 Å². The minimum atomic E-state index is -0.462. The molecule has 1 fully saturated rings. The van der Waals surface area contributed by atoms with Gasteiger partial charge in [0.1, 0.15) is 5.25 Å². The van der Waals surface area contributed by atoms with E-state index in [1.807, 2.05) is 61.5 Å². The molecule has 1 aliphatic rings. The second kappa shape index (κ2) is 7.31. The van der Waals surface area contributed by atoms with Crippen LogP contribution in [0.4, 0.5) is 11.4 Å².